The van der Waals surface area contributed by atoms with Crippen molar-refractivity contribution < 1.29 is 4.42 Å². The van der Waals surface area contributed by atoms with Gasteiger partial charge in [0, 0.05) is 27.8 Å². The van der Waals surface area contributed by atoms with Crippen molar-refractivity contribution in [2.24, 2.45) is 5.92 Å². The van der Waals surface area contributed by atoms with Crippen LogP contribution in [0.2, 0.25) is 0 Å². The molecule has 2 unspecified atom stereocenters. The molecule has 5 aliphatic carbocycles. The van der Waals surface area contributed by atoms with Gasteiger partial charge in [-0.05, 0) is 110 Å². The van der Waals surface area contributed by atoms with Gasteiger partial charge < -0.3 is 9.32 Å². The minimum Gasteiger partial charge on any atom is -0.456 e. The fraction of sp³-hybridized carbons (Fsp3) is 0.192. The molecule has 0 saturated carbocycles. The Balaban J connectivity index is 1.04. The van der Waals surface area contributed by atoms with Crippen LogP contribution in [-0.4, -0.2) is 6.04 Å². The predicted molar refractivity (Wildman–Crippen MR) is 226 cm³/mol. The normalized spacial score (nSPS) is 21.0. The Hall–Kier alpha value is -5.86. The van der Waals surface area contributed by atoms with Crippen LogP contribution in [0.3, 0.4) is 0 Å². The van der Waals surface area contributed by atoms with Crippen molar-refractivity contribution in [3.8, 4) is 11.1 Å². The van der Waals surface area contributed by atoms with Crippen LogP contribution >= 0.6 is 0 Å². The first-order valence-electron chi connectivity index (χ1n) is 19.6. The molecule has 0 amide bonds. The van der Waals surface area contributed by atoms with E-state index in [0.29, 0.717) is 5.92 Å². The van der Waals surface area contributed by atoms with Crippen LogP contribution in [0.1, 0.15) is 68.4 Å². The molecule has 0 radical (unpaired) electrons. The summed E-state index contributed by atoms with van der Waals surface area (Å²) in [6, 6.07) is 38.5. The molecule has 6 aromatic rings. The lowest BCUT2D eigenvalue weighted by atomic mass is 9.75. The number of nitrogens with zero attached hydrogens (tertiary/aromatic N) is 1. The van der Waals surface area contributed by atoms with Gasteiger partial charge in [0.05, 0.1) is 17.1 Å². The molecule has 54 heavy (non-hydrogen) atoms. The summed E-state index contributed by atoms with van der Waals surface area (Å²) in [4.78, 5) is 2.58. The summed E-state index contributed by atoms with van der Waals surface area (Å²) in [6.45, 7) is 9.68. The first-order valence-corrected chi connectivity index (χ1v) is 19.6. The molecule has 0 N–H and O–H groups in total. The highest BCUT2D eigenvalue weighted by atomic mass is 16.3. The number of para-hydroxylation sites is 1. The molecule has 1 aromatic heterocycles. The van der Waals surface area contributed by atoms with E-state index in [9.17, 15) is 0 Å². The molecule has 2 nitrogen and oxygen atoms in total. The third-order valence-electron chi connectivity index (χ3n) is 13.2. The molecule has 2 atom stereocenters. The van der Waals surface area contributed by atoms with Gasteiger partial charge in [0.1, 0.15) is 11.2 Å². The minimum absolute atomic E-state index is 0.0252. The highest BCUT2D eigenvalue weighted by Crippen LogP contribution is 2.57. The highest BCUT2D eigenvalue weighted by Gasteiger charge is 2.44. The van der Waals surface area contributed by atoms with E-state index in [2.05, 4.69) is 184 Å². The maximum absolute atomic E-state index is 6.46. The number of rotatable bonds is 4. The van der Waals surface area contributed by atoms with E-state index in [1.165, 1.54) is 78.0 Å². The summed E-state index contributed by atoms with van der Waals surface area (Å²) < 4.78 is 6.46. The fourth-order valence-electron chi connectivity index (χ4n) is 10.4. The summed E-state index contributed by atoms with van der Waals surface area (Å²) in [5.74, 6) is 0.453. The van der Waals surface area contributed by atoms with Gasteiger partial charge in [-0.1, -0.05) is 143 Å². The van der Waals surface area contributed by atoms with E-state index < -0.39 is 0 Å². The summed E-state index contributed by atoms with van der Waals surface area (Å²) in [7, 11) is 0. The van der Waals surface area contributed by atoms with Crippen LogP contribution in [-0.2, 0) is 10.8 Å². The maximum atomic E-state index is 6.46. The second-order valence-corrected chi connectivity index (χ2v) is 16.8. The van der Waals surface area contributed by atoms with E-state index in [1.54, 1.807) is 0 Å². The highest BCUT2D eigenvalue weighted by molar-refractivity contribution is 6.12. The van der Waals surface area contributed by atoms with Crippen molar-refractivity contribution in [2.75, 3.05) is 4.90 Å². The van der Waals surface area contributed by atoms with Gasteiger partial charge in [0.2, 0.25) is 0 Å². The Kier molecular flexibility index (Phi) is 6.64. The Labute approximate surface area is 317 Å². The molecule has 262 valence electrons. The number of furan rings is 1. The zero-order valence-corrected chi connectivity index (χ0v) is 31.4. The van der Waals surface area contributed by atoms with E-state index in [4.69, 9.17) is 4.42 Å². The standard InChI is InChI=1S/C52H43NO/c1-51(2)43-19-9-7-16-38(43)41-30-42-39-28-27-35(29-44(39)52(3,4)46(42)31-45(41)51)53(47-20-12-22-49-50(47)40-17-8-10-21-48(40)54-49)34-25-23-33(24-26-34)37-18-11-14-32-13-5-6-15-36(32)37/h5-13,15-28,30-32,35H,14,29H2,1-4H3. The zero-order chi connectivity index (χ0) is 36.3. The second-order valence-electron chi connectivity index (χ2n) is 16.8. The quantitative estimate of drug-likeness (QED) is 0.182. The number of anilines is 2. The molecular weight excluding hydrogens is 655 g/mol. The van der Waals surface area contributed by atoms with E-state index in [0.717, 1.165) is 29.4 Å². The van der Waals surface area contributed by atoms with Crippen molar-refractivity contribution in [3.05, 3.63) is 191 Å². The molecule has 0 fully saturated rings. The van der Waals surface area contributed by atoms with Gasteiger partial charge >= 0.3 is 0 Å². The molecule has 5 aromatic carbocycles. The van der Waals surface area contributed by atoms with E-state index >= 15 is 0 Å². The molecule has 1 heterocycles. The van der Waals surface area contributed by atoms with Crippen LogP contribution in [0.25, 0.3) is 44.2 Å². The SMILES string of the molecule is CC1(C)C2=C(C=CC(N(c3ccc(C4=C5C=CC=CC5CC=C4)cc3)c3cccc4oc5ccccc5c34)C2)c2cc3c(cc21)C(C)(C)c1ccccc1-3. The molecule has 5 aliphatic rings. The monoisotopic (exact) mass is 697 g/mol. The molecule has 0 spiro atoms. The predicted octanol–water partition coefficient (Wildman–Crippen LogP) is 13.6. The topological polar surface area (TPSA) is 16.4 Å². The summed E-state index contributed by atoms with van der Waals surface area (Å²) in [6.07, 6.45) is 20.5. The first-order chi connectivity index (χ1) is 26.3. The molecular formula is C52H43NO. The summed E-state index contributed by atoms with van der Waals surface area (Å²) in [5, 5.41) is 2.32. The average molecular weight is 698 g/mol. The number of allylic oxidation sites excluding steroid dienone is 10. The average Bonchev–Trinajstić information content (AvgIpc) is 3.77. The molecule has 0 saturated heterocycles. The van der Waals surface area contributed by atoms with Crippen molar-refractivity contribution in [2.45, 2.75) is 57.4 Å². The van der Waals surface area contributed by atoms with Crippen molar-refractivity contribution in [3.63, 3.8) is 0 Å². The van der Waals surface area contributed by atoms with Crippen molar-refractivity contribution >= 4 is 44.5 Å². The summed E-state index contributed by atoms with van der Waals surface area (Å²) >= 11 is 0. The van der Waals surface area contributed by atoms with E-state index in [1.807, 2.05) is 0 Å². The molecule has 0 aliphatic heterocycles. The zero-order valence-electron chi connectivity index (χ0n) is 31.4. The lowest BCUT2D eigenvalue weighted by Crippen LogP contribution is -2.33. The summed E-state index contributed by atoms with van der Waals surface area (Å²) in [5.41, 5.74) is 19.5. The number of fused-ring (bicyclic) bond motifs is 9. The fourth-order valence-corrected chi connectivity index (χ4v) is 10.4. The van der Waals surface area contributed by atoms with Gasteiger partial charge in [0.25, 0.3) is 0 Å². The molecule has 2 heteroatoms. The lowest BCUT2D eigenvalue weighted by Gasteiger charge is -2.37. The molecule has 11 rings (SSSR count). The number of hydrogen-bond acceptors (Lipinski definition) is 2. The van der Waals surface area contributed by atoms with Crippen LogP contribution in [0.15, 0.2) is 167 Å². The van der Waals surface area contributed by atoms with Crippen LogP contribution in [0.5, 0.6) is 0 Å². The molecule has 0 bridgehead atoms. The van der Waals surface area contributed by atoms with Crippen molar-refractivity contribution in [1.29, 1.82) is 0 Å². The maximum Gasteiger partial charge on any atom is 0.137 e. The lowest BCUT2D eigenvalue weighted by molar-refractivity contribution is 0.581. The van der Waals surface area contributed by atoms with Crippen LogP contribution in [0.4, 0.5) is 11.4 Å². The number of benzene rings is 5. The Morgan fingerprint density at radius 2 is 1.43 bits per heavy atom. The van der Waals surface area contributed by atoms with E-state index in [-0.39, 0.29) is 16.9 Å². The van der Waals surface area contributed by atoms with Crippen LogP contribution < -0.4 is 4.90 Å². The van der Waals surface area contributed by atoms with Gasteiger partial charge in [-0.2, -0.15) is 0 Å². The second kappa shape index (κ2) is 11.3. The van der Waals surface area contributed by atoms with Crippen molar-refractivity contribution in [1.82, 2.24) is 0 Å². The van der Waals surface area contributed by atoms with Gasteiger partial charge in [-0.25, -0.2) is 0 Å². The Morgan fingerprint density at radius 3 is 2.31 bits per heavy atom. The smallest absolute Gasteiger partial charge is 0.137 e. The first kappa shape index (κ1) is 31.6. The minimum atomic E-state index is -0.100. The van der Waals surface area contributed by atoms with Gasteiger partial charge in [0.15, 0.2) is 0 Å². The van der Waals surface area contributed by atoms with Gasteiger partial charge in [-0.3, -0.25) is 0 Å². The van der Waals surface area contributed by atoms with Gasteiger partial charge in [-0.15, -0.1) is 0 Å². The van der Waals surface area contributed by atoms with Crippen LogP contribution in [0, 0.1) is 5.92 Å². The Morgan fingerprint density at radius 1 is 0.630 bits per heavy atom. The third kappa shape index (κ3) is 4.40. The number of hydrogen-bond donors (Lipinski definition) is 0. The largest absolute Gasteiger partial charge is 0.456 e. The Bertz CT molecular complexity index is 2770. The third-order valence-corrected chi connectivity index (χ3v) is 13.2.